The van der Waals surface area contributed by atoms with Crippen LogP contribution in [0.3, 0.4) is 0 Å². The molecule has 3 aromatic carbocycles. The molecule has 0 radical (unpaired) electrons. The fourth-order valence-electron chi connectivity index (χ4n) is 3.87. The number of amides is 1. The molecule has 0 atom stereocenters. The van der Waals surface area contributed by atoms with Crippen LogP contribution in [0.15, 0.2) is 78.9 Å². The summed E-state index contributed by atoms with van der Waals surface area (Å²) in [6.07, 6.45) is -11.0. The lowest BCUT2D eigenvalue weighted by atomic mass is 9.78. The summed E-state index contributed by atoms with van der Waals surface area (Å²) in [6, 6.07) is 18.3. The van der Waals surface area contributed by atoms with Gasteiger partial charge in [0.2, 0.25) is 0 Å². The van der Waals surface area contributed by atoms with E-state index < -0.39 is 41.3 Å². The third-order valence-corrected chi connectivity index (χ3v) is 5.38. The van der Waals surface area contributed by atoms with Gasteiger partial charge in [-0.3, -0.25) is 0 Å². The van der Waals surface area contributed by atoms with E-state index in [9.17, 15) is 31.1 Å². The van der Waals surface area contributed by atoms with Gasteiger partial charge < -0.3 is 19.5 Å². The minimum atomic E-state index is -5.00. The van der Waals surface area contributed by atoms with Crippen molar-refractivity contribution in [3.8, 4) is 11.5 Å². The number of rotatable bonds is 8. The van der Waals surface area contributed by atoms with Gasteiger partial charge in [0.15, 0.2) is 0 Å². The number of benzene rings is 3. The molecule has 0 fully saturated rings. The predicted octanol–water partition coefficient (Wildman–Crippen LogP) is 7.74. The second-order valence-corrected chi connectivity index (χ2v) is 9.98. The molecule has 3 rings (SSSR count). The van der Waals surface area contributed by atoms with Gasteiger partial charge in [-0.1, -0.05) is 75.4 Å². The number of carbonyl (C=O) groups excluding carboxylic acids is 1. The van der Waals surface area contributed by atoms with Gasteiger partial charge in [-0.25, -0.2) is 4.79 Å². The van der Waals surface area contributed by atoms with Crippen LogP contribution in [-0.4, -0.2) is 25.4 Å². The fourth-order valence-corrected chi connectivity index (χ4v) is 3.87. The molecule has 0 aromatic heterocycles. The Kier molecular flexibility index (Phi) is 8.72. The van der Waals surface area contributed by atoms with Crippen molar-refractivity contribution in [2.45, 2.75) is 45.5 Å². The molecule has 0 heterocycles. The van der Waals surface area contributed by atoms with Crippen molar-refractivity contribution in [3.05, 3.63) is 95.6 Å². The minimum absolute atomic E-state index is 0.00526. The summed E-state index contributed by atoms with van der Waals surface area (Å²) in [5.41, 5.74) is -1.29. The smallest absolute Gasteiger partial charge is 0.449 e. The van der Waals surface area contributed by atoms with E-state index in [1.54, 1.807) is 30.3 Å². The van der Waals surface area contributed by atoms with Gasteiger partial charge in [0.25, 0.3) is 0 Å². The lowest BCUT2D eigenvalue weighted by molar-refractivity contribution is -0.275. The first-order valence-electron chi connectivity index (χ1n) is 11.8. The molecular formula is C28H27F6NO4. The van der Waals surface area contributed by atoms with Crippen molar-refractivity contribution >= 4 is 6.09 Å². The Morgan fingerprint density at radius 2 is 1.21 bits per heavy atom. The molecule has 210 valence electrons. The first-order chi connectivity index (χ1) is 18.0. The van der Waals surface area contributed by atoms with E-state index in [1.165, 1.54) is 24.3 Å². The Labute approximate surface area is 221 Å². The molecule has 0 aliphatic rings. The average molecular weight is 556 g/mol. The van der Waals surface area contributed by atoms with Gasteiger partial charge in [-0.05, 0) is 46.4 Å². The predicted molar refractivity (Wildman–Crippen MR) is 131 cm³/mol. The summed E-state index contributed by atoms with van der Waals surface area (Å²) < 4.78 is 91.8. The molecule has 0 spiro atoms. The molecule has 0 aliphatic heterocycles. The largest absolute Gasteiger partial charge is 0.573 e. The highest BCUT2D eigenvalue weighted by Crippen LogP contribution is 2.38. The summed E-state index contributed by atoms with van der Waals surface area (Å²) >= 11 is 0. The third kappa shape index (κ3) is 9.12. The van der Waals surface area contributed by atoms with Crippen molar-refractivity contribution in [2.24, 2.45) is 5.41 Å². The zero-order valence-corrected chi connectivity index (χ0v) is 21.3. The molecule has 3 aromatic rings. The van der Waals surface area contributed by atoms with E-state index >= 15 is 0 Å². The van der Waals surface area contributed by atoms with Crippen LogP contribution in [0.4, 0.5) is 31.1 Å². The first kappa shape index (κ1) is 29.7. The highest BCUT2D eigenvalue weighted by molar-refractivity contribution is 5.70. The minimum Gasteiger partial charge on any atom is -0.449 e. The average Bonchev–Trinajstić information content (AvgIpc) is 2.81. The van der Waals surface area contributed by atoms with Crippen molar-refractivity contribution < 1.29 is 45.3 Å². The molecule has 0 saturated carbocycles. The number of halogens is 6. The van der Waals surface area contributed by atoms with E-state index in [0.29, 0.717) is 5.56 Å². The van der Waals surface area contributed by atoms with E-state index in [1.807, 2.05) is 20.8 Å². The summed E-state index contributed by atoms with van der Waals surface area (Å²) in [7, 11) is 0. The van der Waals surface area contributed by atoms with Gasteiger partial charge in [0, 0.05) is 6.42 Å². The van der Waals surface area contributed by atoms with Gasteiger partial charge in [0.05, 0.1) is 12.1 Å². The summed E-state index contributed by atoms with van der Waals surface area (Å²) in [5, 5.41) is 2.73. The number of hydrogen-bond acceptors (Lipinski definition) is 4. The van der Waals surface area contributed by atoms with Crippen molar-refractivity contribution in [3.63, 3.8) is 0 Å². The van der Waals surface area contributed by atoms with Crippen molar-refractivity contribution in [2.75, 3.05) is 6.61 Å². The number of ether oxygens (including phenoxy) is 3. The SMILES string of the molecule is CC(C)(C)COC(=O)NC(Cc1ccccc1)(c1cccc(OC(F)(F)F)c1)c1cccc(OC(F)(F)F)c1. The van der Waals surface area contributed by atoms with Crippen LogP contribution >= 0.6 is 0 Å². The molecule has 0 unspecified atom stereocenters. The second-order valence-electron chi connectivity index (χ2n) is 9.98. The number of alkyl halides is 6. The molecule has 0 saturated heterocycles. The molecule has 39 heavy (non-hydrogen) atoms. The normalized spacial score (nSPS) is 12.5. The molecular weight excluding hydrogens is 528 g/mol. The Morgan fingerprint density at radius 3 is 1.64 bits per heavy atom. The van der Waals surface area contributed by atoms with E-state index in [-0.39, 0.29) is 24.2 Å². The second kappa shape index (κ2) is 11.5. The maximum atomic E-state index is 13.1. The summed E-state index contributed by atoms with van der Waals surface area (Å²) in [4.78, 5) is 13.1. The zero-order chi connectivity index (χ0) is 28.9. The number of hydrogen-bond donors (Lipinski definition) is 1. The molecule has 1 amide bonds. The first-order valence-corrected chi connectivity index (χ1v) is 11.8. The molecule has 11 heteroatoms. The standard InChI is InChI=1S/C28H27F6NO4/c1-25(2,3)18-37-24(36)35-26(17-19-9-5-4-6-10-19,20-11-7-13-22(15-20)38-27(29,30)31)21-12-8-14-23(16-21)39-28(32,33)34/h4-16H,17-18H2,1-3H3,(H,35,36). The van der Waals surface area contributed by atoms with E-state index in [2.05, 4.69) is 14.8 Å². The highest BCUT2D eigenvalue weighted by Gasteiger charge is 2.40. The topological polar surface area (TPSA) is 56.8 Å². The van der Waals surface area contributed by atoms with Gasteiger partial charge >= 0.3 is 18.8 Å². The van der Waals surface area contributed by atoms with Crippen molar-refractivity contribution in [1.82, 2.24) is 5.32 Å². The van der Waals surface area contributed by atoms with Crippen molar-refractivity contribution in [1.29, 1.82) is 0 Å². The third-order valence-electron chi connectivity index (χ3n) is 5.38. The molecule has 0 aliphatic carbocycles. The lowest BCUT2D eigenvalue weighted by Gasteiger charge is -2.36. The van der Waals surface area contributed by atoms with Crippen LogP contribution in [-0.2, 0) is 16.7 Å². The quantitative estimate of drug-likeness (QED) is 0.289. The number of nitrogens with one attached hydrogen (secondary N) is 1. The van der Waals surface area contributed by atoms with Crippen LogP contribution in [0.1, 0.15) is 37.5 Å². The number of carbonyl (C=O) groups is 1. The monoisotopic (exact) mass is 555 g/mol. The maximum Gasteiger partial charge on any atom is 0.573 e. The fraction of sp³-hybridized carbons (Fsp3) is 0.321. The summed E-state index contributed by atoms with van der Waals surface area (Å²) in [6.45, 7) is 5.48. The number of alkyl carbamates (subject to hydrolysis) is 1. The van der Waals surface area contributed by atoms with Crippen LogP contribution in [0.2, 0.25) is 0 Å². The Morgan fingerprint density at radius 1 is 0.718 bits per heavy atom. The lowest BCUT2D eigenvalue weighted by Crippen LogP contribution is -2.49. The molecule has 0 bridgehead atoms. The summed E-state index contributed by atoms with van der Waals surface area (Å²) in [5.74, 6) is -1.16. The van der Waals surface area contributed by atoms with Crippen LogP contribution in [0.25, 0.3) is 0 Å². The van der Waals surface area contributed by atoms with E-state index in [4.69, 9.17) is 4.74 Å². The zero-order valence-electron chi connectivity index (χ0n) is 21.3. The van der Waals surface area contributed by atoms with Crippen LogP contribution in [0.5, 0.6) is 11.5 Å². The Balaban J connectivity index is 2.22. The Bertz CT molecular complexity index is 1190. The molecule has 5 nitrogen and oxygen atoms in total. The maximum absolute atomic E-state index is 13.1. The Hall–Kier alpha value is -3.89. The molecule has 1 N–H and O–H groups in total. The van der Waals surface area contributed by atoms with Gasteiger partial charge in [-0.2, -0.15) is 0 Å². The van der Waals surface area contributed by atoms with Crippen LogP contribution < -0.4 is 14.8 Å². The highest BCUT2D eigenvalue weighted by atomic mass is 19.4. The van der Waals surface area contributed by atoms with E-state index in [0.717, 1.165) is 24.3 Å². The van der Waals surface area contributed by atoms with Gasteiger partial charge in [0.1, 0.15) is 11.5 Å². The van der Waals surface area contributed by atoms with Crippen LogP contribution in [0, 0.1) is 5.41 Å². The van der Waals surface area contributed by atoms with Gasteiger partial charge in [-0.15, -0.1) is 26.3 Å².